The Labute approximate surface area is 90.4 Å². The van der Waals surface area contributed by atoms with Gasteiger partial charge in [-0.3, -0.25) is 4.79 Å². The Bertz CT molecular complexity index is 490. The molecule has 2 heterocycles. The zero-order valence-electron chi connectivity index (χ0n) is 8.03. The largest absolute Gasteiger partial charge is 0.286 e. The van der Waals surface area contributed by atoms with Crippen LogP contribution in [-0.4, -0.2) is 10.8 Å². The molecule has 0 saturated carbocycles. The smallest absolute Gasteiger partial charge is 0.221 e. The van der Waals surface area contributed by atoms with Crippen molar-refractivity contribution in [1.82, 2.24) is 4.98 Å². The molecule has 0 aromatic carbocycles. The second-order valence-corrected chi connectivity index (χ2v) is 4.39. The lowest BCUT2D eigenvalue weighted by Crippen LogP contribution is -2.01. The highest BCUT2D eigenvalue weighted by atomic mass is 32.1. The van der Waals surface area contributed by atoms with Gasteiger partial charge in [-0.05, 0) is 31.2 Å². The molecule has 0 spiro atoms. The van der Waals surface area contributed by atoms with Gasteiger partial charge in [-0.15, -0.1) is 11.3 Å². The topological polar surface area (TPSA) is 30.0 Å². The van der Waals surface area contributed by atoms with Crippen LogP contribution in [0.5, 0.6) is 0 Å². The van der Waals surface area contributed by atoms with Crippen LogP contribution < -0.4 is 0 Å². The van der Waals surface area contributed by atoms with Crippen LogP contribution in [0.4, 0.5) is 4.39 Å². The molecule has 0 unspecified atom stereocenters. The first kappa shape index (κ1) is 9.98. The van der Waals surface area contributed by atoms with Crippen LogP contribution >= 0.6 is 11.3 Å². The average molecular weight is 221 g/mol. The predicted molar refractivity (Wildman–Crippen MR) is 56.7 cm³/mol. The minimum absolute atomic E-state index is 0.159. The van der Waals surface area contributed by atoms with Crippen molar-refractivity contribution in [2.24, 2.45) is 0 Å². The molecule has 15 heavy (non-hydrogen) atoms. The summed E-state index contributed by atoms with van der Waals surface area (Å²) in [6.07, 6.45) is 1.05. The Kier molecular flexibility index (Phi) is 2.60. The summed E-state index contributed by atoms with van der Waals surface area (Å²) in [7, 11) is 0. The number of thiophene rings is 1. The number of nitrogens with zero attached hydrogens (tertiary/aromatic N) is 1. The molecule has 0 atom stereocenters. The van der Waals surface area contributed by atoms with Gasteiger partial charge in [-0.1, -0.05) is 0 Å². The van der Waals surface area contributed by atoms with Crippen LogP contribution in [-0.2, 0) is 0 Å². The molecule has 0 aliphatic heterocycles. The van der Waals surface area contributed by atoms with Crippen LogP contribution in [0.15, 0.2) is 30.5 Å². The fraction of sp³-hybridized carbons (Fsp3) is 0.0909. The molecule has 0 N–H and O–H groups in total. The number of hydrogen-bond acceptors (Lipinski definition) is 3. The molecule has 2 aromatic heterocycles. The van der Waals surface area contributed by atoms with Gasteiger partial charge in [0.1, 0.15) is 11.5 Å². The number of pyridine rings is 1. The number of carbonyl (C=O) groups is 1. The second kappa shape index (κ2) is 3.90. The van der Waals surface area contributed by atoms with Gasteiger partial charge >= 0.3 is 0 Å². The SMILES string of the molecule is Cc1ccc(C(=O)c2ccc(F)cn2)s1. The predicted octanol–water partition coefficient (Wildman–Crippen LogP) is 2.82. The van der Waals surface area contributed by atoms with Gasteiger partial charge in [0.15, 0.2) is 0 Å². The van der Waals surface area contributed by atoms with E-state index in [9.17, 15) is 9.18 Å². The summed E-state index contributed by atoms with van der Waals surface area (Å²) < 4.78 is 12.6. The number of halogens is 1. The first-order valence-electron chi connectivity index (χ1n) is 4.39. The van der Waals surface area contributed by atoms with Gasteiger partial charge in [0.25, 0.3) is 0 Å². The van der Waals surface area contributed by atoms with Crippen molar-refractivity contribution < 1.29 is 9.18 Å². The minimum Gasteiger partial charge on any atom is -0.286 e. The Morgan fingerprint density at radius 3 is 2.67 bits per heavy atom. The number of aryl methyl sites for hydroxylation is 1. The first-order chi connectivity index (χ1) is 7.16. The minimum atomic E-state index is -0.436. The maximum Gasteiger partial charge on any atom is 0.221 e. The lowest BCUT2D eigenvalue weighted by Gasteiger charge is -1.96. The summed E-state index contributed by atoms with van der Waals surface area (Å²) in [5.74, 6) is -0.595. The van der Waals surface area contributed by atoms with Crippen molar-refractivity contribution in [3.05, 3.63) is 51.7 Å². The summed E-state index contributed by atoms with van der Waals surface area (Å²) in [6.45, 7) is 1.93. The molecule has 2 nitrogen and oxygen atoms in total. The van der Waals surface area contributed by atoms with E-state index in [1.54, 1.807) is 6.07 Å². The average Bonchev–Trinajstić information content (AvgIpc) is 2.65. The summed E-state index contributed by atoms with van der Waals surface area (Å²) >= 11 is 1.41. The monoisotopic (exact) mass is 221 g/mol. The van der Waals surface area contributed by atoms with E-state index >= 15 is 0 Å². The molecule has 0 radical (unpaired) electrons. The van der Waals surface area contributed by atoms with E-state index in [0.717, 1.165) is 11.1 Å². The molecule has 0 fully saturated rings. The van der Waals surface area contributed by atoms with Crippen LogP contribution in [0.1, 0.15) is 20.2 Å². The van der Waals surface area contributed by atoms with Crippen LogP contribution in [0, 0.1) is 12.7 Å². The summed E-state index contributed by atoms with van der Waals surface area (Å²) in [4.78, 5) is 17.2. The Morgan fingerprint density at radius 2 is 2.13 bits per heavy atom. The molecule has 0 amide bonds. The van der Waals surface area contributed by atoms with E-state index in [-0.39, 0.29) is 11.5 Å². The van der Waals surface area contributed by atoms with E-state index in [0.29, 0.717) is 4.88 Å². The van der Waals surface area contributed by atoms with Gasteiger partial charge in [0.2, 0.25) is 5.78 Å². The summed E-state index contributed by atoms with van der Waals surface area (Å²) in [6, 6.07) is 6.27. The Balaban J connectivity index is 2.32. The molecular weight excluding hydrogens is 213 g/mol. The molecule has 76 valence electrons. The summed E-state index contributed by atoms with van der Waals surface area (Å²) in [5.41, 5.74) is 0.276. The van der Waals surface area contributed by atoms with Crippen molar-refractivity contribution >= 4 is 17.1 Å². The van der Waals surface area contributed by atoms with Crippen LogP contribution in [0.2, 0.25) is 0 Å². The van der Waals surface area contributed by atoms with Gasteiger partial charge in [0.05, 0.1) is 11.1 Å². The third-order valence-electron chi connectivity index (χ3n) is 1.92. The molecule has 2 aromatic rings. The second-order valence-electron chi connectivity index (χ2n) is 3.10. The molecular formula is C11H8FNOS. The Hall–Kier alpha value is -1.55. The van der Waals surface area contributed by atoms with Crippen molar-refractivity contribution in [2.75, 3.05) is 0 Å². The number of hydrogen-bond donors (Lipinski definition) is 0. The third kappa shape index (κ3) is 2.10. The molecule has 0 aliphatic rings. The van der Waals surface area contributed by atoms with E-state index in [4.69, 9.17) is 0 Å². The highest BCUT2D eigenvalue weighted by Crippen LogP contribution is 2.18. The first-order valence-corrected chi connectivity index (χ1v) is 5.21. The van der Waals surface area contributed by atoms with Crippen molar-refractivity contribution in [2.45, 2.75) is 6.92 Å². The van der Waals surface area contributed by atoms with E-state index in [2.05, 4.69) is 4.98 Å². The van der Waals surface area contributed by atoms with Crippen LogP contribution in [0.3, 0.4) is 0 Å². The number of aromatic nitrogens is 1. The third-order valence-corrected chi connectivity index (χ3v) is 2.92. The van der Waals surface area contributed by atoms with Gasteiger partial charge in [-0.2, -0.15) is 0 Å². The maximum atomic E-state index is 12.6. The highest BCUT2D eigenvalue weighted by Gasteiger charge is 2.12. The molecule has 2 rings (SSSR count). The normalized spacial score (nSPS) is 10.3. The van der Waals surface area contributed by atoms with E-state index in [1.165, 1.54) is 23.5 Å². The van der Waals surface area contributed by atoms with E-state index < -0.39 is 5.82 Å². The quantitative estimate of drug-likeness (QED) is 0.730. The van der Waals surface area contributed by atoms with Crippen molar-refractivity contribution in [1.29, 1.82) is 0 Å². The standard InChI is InChI=1S/C11H8FNOS/c1-7-2-5-10(15-7)11(14)9-4-3-8(12)6-13-9/h2-6H,1H3. The van der Waals surface area contributed by atoms with Gasteiger partial charge in [-0.25, -0.2) is 9.37 Å². The molecule has 0 aliphatic carbocycles. The fourth-order valence-corrected chi connectivity index (χ4v) is 2.01. The van der Waals surface area contributed by atoms with Crippen molar-refractivity contribution in [3.8, 4) is 0 Å². The maximum absolute atomic E-state index is 12.6. The molecule has 0 bridgehead atoms. The molecule has 0 saturated heterocycles. The zero-order valence-corrected chi connectivity index (χ0v) is 8.84. The Morgan fingerprint density at radius 1 is 1.33 bits per heavy atom. The van der Waals surface area contributed by atoms with Gasteiger partial charge < -0.3 is 0 Å². The fourth-order valence-electron chi connectivity index (χ4n) is 1.19. The van der Waals surface area contributed by atoms with Crippen LogP contribution in [0.25, 0.3) is 0 Å². The van der Waals surface area contributed by atoms with E-state index in [1.807, 2.05) is 13.0 Å². The molecule has 4 heteroatoms. The lowest BCUT2D eigenvalue weighted by molar-refractivity contribution is 0.103. The zero-order chi connectivity index (χ0) is 10.8. The number of carbonyl (C=O) groups excluding carboxylic acids is 1. The number of rotatable bonds is 2. The van der Waals surface area contributed by atoms with Crippen molar-refractivity contribution in [3.63, 3.8) is 0 Å². The highest BCUT2D eigenvalue weighted by molar-refractivity contribution is 7.14. The van der Waals surface area contributed by atoms with Gasteiger partial charge in [0, 0.05) is 4.88 Å². The lowest BCUT2D eigenvalue weighted by atomic mass is 10.2. The summed E-state index contributed by atoms with van der Waals surface area (Å²) in [5, 5.41) is 0. The number of ketones is 1.